The molecule has 1 aromatic rings. The van der Waals surface area contributed by atoms with Crippen molar-refractivity contribution in [3.63, 3.8) is 0 Å². The van der Waals surface area contributed by atoms with Crippen LogP contribution in [0.2, 0.25) is 0 Å². The zero-order valence-corrected chi connectivity index (χ0v) is 12.8. The van der Waals surface area contributed by atoms with Crippen LogP contribution in [0.15, 0.2) is 18.2 Å². The molecule has 20 heavy (non-hydrogen) atoms. The Labute approximate surface area is 121 Å². The molecule has 1 unspecified atom stereocenters. The molecule has 1 aromatic carbocycles. The van der Waals surface area contributed by atoms with Gasteiger partial charge in [-0.1, -0.05) is 0 Å². The third-order valence-electron chi connectivity index (χ3n) is 3.10. The molecule has 0 saturated heterocycles. The molecule has 1 rings (SSSR count). The molecule has 0 heterocycles. The molecule has 1 N–H and O–H groups in total. The van der Waals surface area contributed by atoms with E-state index in [1.54, 1.807) is 26.4 Å². The van der Waals surface area contributed by atoms with Crippen molar-refractivity contribution in [2.75, 3.05) is 47.6 Å². The van der Waals surface area contributed by atoms with Crippen LogP contribution in [0.5, 0.6) is 11.5 Å². The van der Waals surface area contributed by atoms with Crippen LogP contribution in [0, 0.1) is 0 Å². The predicted molar refractivity (Wildman–Crippen MR) is 78.5 cm³/mol. The second-order valence-corrected chi connectivity index (χ2v) is 4.58. The summed E-state index contributed by atoms with van der Waals surface area (Å²) in [5.74, 6) is 1.37. The van der Waals surface area contributed by atoms with Crippen molar-refractivity contribution in [2.45, 2.75) is 13.0 Å². The molecule has 0 spiro atoms. The third kappa shape index (κ3) is 5.00. The van der Waals surface area contributed by atoms with Gasteiger partial charge in [0.1, 0.15) is 11.5 Å². The van der Waals surface area contributed by atoms with Gasteiger partial charge in [-0.2, -0.15) is 0 Å². The molecule has 114 valence electrons. The summed E-state index contributed by atoms with van der Waals surface area (Å²) >= 11 is 0. The largest absolute Gasteiger partial charge is 0.497 e. The number of benzene rings is 1. The number of methoxy groups -OCH3 is 2. The van der Waals surface area contributed by atoms with Crippen molar-refractivity contribution in [1.29, 1.82) is 0 Å². The second-order valence-electron chi connectivity index (χ2n) is 4.58. The first-order valence-electron chi connectivity index (χ1n) is 6.78. The molecule has 0 aliphatic carbocycles. The molecule has 1 atom stereocenters. The van der Waals surface area contributed by atoms with Crippen molar-refractivity contribution in [1.82, 2.24) is 4.90 Å². The topological polar surface area (TPSA) is 51.2 Å². The summed E-state index contributed by atoms with van der Waals surface area (Å²) in [5, 5.41) is 10.4. The van der Waals surface area contributed by atoms with E-state index in [9.17, 15) is 5.11 Å². The van der Waals surface area contributed by atoms with Gasteiger partial charge in [0.25, 0.3) is 0 Å². The maximum Gasteiger partial charge on any atom is 0.124 e. The minimum Gasteiger partial charge on any atom is -0.497 e. The first kappa shape index (κ1) is 16.8. The maximum atomic E-state index is 10.4. The molecule has 0 bridgehead atoms. The molecular formula is C15H25NO4. The van der Waals surface area contributed by atoms with Gasteiger partial charge in [0.15, 0.2) is 0 Å². The summed E-state index contributed by atoms with van der Waals surface area (Å²) in [6, 6.07) is 5.42. The fourth-order valence-electron chi connectivity index (χ4n) is 1.95. The summed E-state index contributed by atoms with van der Waals surface area (Å²) in [6.07, 6.45) is -0.633. The van der Waals surface area contributed by atoms with Crippen LogP contribution < -0.4 is 9.47 Å². The molecule has 0 aromatic heterocycles. The summed E-state index contributed by atoms with van der Waals surface area (Å²) in [4.78, 5) is 2.03. The third-order valence-corrected chi connectivity index (χ3v) is 3.10. The van der Waals surface area contributed by atoms with Gasteiger partial charge in [0, 0.05) is 25.3 Å². The zero-order valence-electron chi connectivity index (χ0n) is 12.8. The molecule has 0 aliphatic heterocycles. The summed E-state index contributed by atoms with van der Waals surface area (Å²) in [6.45, 7) is 4.62. The van der Waals surface area contributed by atoms with E-state index in [1.165, 1.54) is 0 Å². The number of aliphatic hydroxyl groups is 1. The van der Waals surface area contributed by atoms with Gasteiger partial charge in [-0.15, -0.1) is 0 Å². The van der Waals surface area contributed by atoms with Crippen molar-refractivity contribution in [3.8, 4) is 11.5 Å². The van der Waals surface area contributed by atoms with Crippen molar-refractivity contribution >= 4 is 0 Å². The van der Waals surface area contributed by atoms with Gasteiger partial charge in [-0.05, 0) is 32.2 Å². The van der Waals surface area contributed by atoms with Crippen molar-refractivity contribution in [2.24, 2.45) is 0 Å². The lowest BCUT2D eigenvalue weighted by Gasteiger charge is -2.22. The average molecular weight is 283 g/mol. The van der Waals surface area contributed by atoms with E-state index in [0.29, 0.717) is 31.3 Å². The van der Waals surface area contributed by atoms with Crippen molar-refractivity contribution < 1.29 is 19.3 Å². The maximum absolute atomic E-state index is 10.4. The number of likely N-dealkylation sites (N-methyl/N-ethyl adjacent to an activating group) is 1. The SMILES string of the molecule is CCOCCN(C)CC(O)c1cc(OC)ccc1OC. The van der Waals surface area contributed by atoms with E-state index in [1.807, 2.05) is 24.9 Å². The normalized spacial score (nSPS) is 12.5. The first-order chi connectivity index (χ1) is 9.62. The van der Waals surface area contributed by atoms with E-state index in [2.05, 4.69) is 0 Å². The highest BCUT2D eigenvalue weighted by molar-refractivity contribution is 5.41. The number of rotatable bonds is 9. The van der Waals surface area contributed by atoms with E-state index < -0.39 is 6.10 Å². The Morgan fingerprint density at radius 3 is 2.60 bits per heavy atom. The number of hydrogen-bond donors (Lipinski definition) is 1. The van der Waals surface area contributed by atoms with Crippen LogP contribution >= 0.6 is 0 Å². The highest BCUT2D eigenvalue weighted by atomic mass is 16.5. The lowest BCUT2D eigenvalue weighted by atomic mass is 10.1. The Kier molecular flexibility index (Phi) is 7.36. The molecule has 0 aliphatic rings. The van der Waals surface area contributed by atoms with E-state index in [4.69, 9.17) is 14.2 Å². The Morgan fingerprint density at radius 1 is 1.25 bits per heavy atom. The van der Waals surface area contributed by atoms with Gasteiger partial charge in [0.2, 0.25) is 0 Å². The van der Waals surface area contributed by atoms with Crippen LogP contribution in [0.3, 0.4) is 0 Å². The van der Waals surface area contributed by atoms with Crippen LogP contribution in [0.25, 0.3) is 0 Å². The van der Waals surface area contributed by atoms with Gasteiger partial charge >= 0.3 is 0 Å². The lowest BCUT2D eigenvalue weighted by molar-refractivity contribution is 0.0879. The molecule has 0 radical (unpaired) electrons. The smallest absolute Gasteiger partial charge is 0.124 e. The van der Waals surface area contributed by atoms with Gasteiger partial charge in [-0.25, -0.2) is 0 Å². The predicted octanol–water partition coefficient (Wildman–Crippen LogP) is 1.71. The van der Waals surface area contributed by atoms with Crippen LogP contribution in [0.1, 0.15) is 18.6 Å². The van der Waals surface area contributed by atoms with Gasteiger partial charge in [0.05, 0.1) is 26.9 Å². The zero-order chi connectivity index (χ0) is 15.0. The highest BCUT2D eigenvalue weighted by Gasteiger charge is 2.16. The number of aliphatic hydroxyl groups excluding tert-OH is 1. The minimum absolute atomic E-state index is 0.511. The highest BCUT2D eigenvalue weighted by Crippen LogP contribution is 2.29. The number of nitrogens with zero attached hydrogens (tertiary/aromatic N) is 1. The lowest BCUT2D eigenvalue weighted by Crippen LogP contribution is -2.28. The minimum atomic E-state index is -0.633. The number of hydrogen-bond acceptors (Lipinski definition) is 5. The average Bonchev–Trinajstić information content (AvgIpc) is 2.46. The van der Waals surface area contributed by atoms with Crippen LogP contribution in [0.4, 0.5) is 0 Å². The van der Waals surface area contributed by atoms with Crippen LogP contribution in [-0.4, -0.2) is 57.6 Å². The van der Waals surface area contributed by atoms with Gasteiger partial charge < -0.3 is 24.2 Å². The molecular weight excluding hydrogens is 258 g/mol. The Hall–Kier alpha value is -1.30. The Bertz CT molecular complexity index is 397. The first-order valence-corrected chi connectivity index (χ1v) is 6.78. The number of ether oxygens (including phenoxy) is 3. The fourth-order valence-corrected chi connectivity index (χ4v) is 1.95. The van der Waals surface area contributed by atoms with Crippen molar-refractivity contribution in [3.05, 3.63) is 23.8 Å². The summed E-state index contributed by atoms with van der Waals surface area (Å²) in [5.41, 5.74) is 0.732. The van der Waals surface area contributed by atoms with E-state index in [-0.39, 0.29) is 0 Å². The monoisotopic (exact) mass is 283 g/mol. The summed E-state index contributed by atoms with van der Waals surface area (Å²) in [7, 11) is 5.15. The molecule has 0 amide bonds. The molecule has 5 heteroatoms. The summed E-state index contributed by atoms with van der Waals surface area (Å²) < 4.78 is 15.8. The Balaban J connectivity index is 2.67. The van der Waals surface area contributed by atoms with E-state index in [0.717, 1.165) is 12.1 Å². The van der Waals surface area contributed by atoms with Gasteiger partial charge in [-0.3, -0.25) is 0 Å². The molecule has 0 saturated carbocycles. The quantitative estimate of drug-likeness (QED) is 0.699. The second kappa shape index (κ2) is 8.79. The molecule has 0 fully saturated rings. The Morgan fingerprint density at radius 2 is 2.00 bits per heavy atom. The van der Waals surface area contributed by atoms with E-state index >= 15 is 0 Å². The van der Waals surface area contributed by atoms with Crippen LogP contribution in [-0.2, 0) is 4.74 Å². The fraction of sp³-hybridized carbons (Fsp3) is 0.600. The molecule has 5 nitrogen and oxygen atoms in total. The standard InChI is InChI=1S/C15H25NO4/c1-5-20-9-8-16(2)11-14(17)13-10-12(18-3)6-7-15(13)19-4/h6-7,10,14,17H,5,8-9,11H2,1-4H3.